The van der Waals surface area contributed by atoms with Gasteiger partial charge in [0.15, 0.2) is 0 Å². The van der Waals surface area contributed by atoms with E-state index in [-0.39, 0.29) is 5.41 Å². The highest BCUT2D eigenvalue weighted by atomic mass is 15.1. The largest absolute Gasteiger partial charge is 0.310 e. The molecule has 3 aliphatic carbocycles. The summed E-state index contributed by atoms with van der Waals surface area (Å²) in [5.74, 6) is 0. The molecule has 1 spiro atoms. The Bertz CT molecular complexity index is 7120. The standard InChI is InChI=1S/C61H40N2.C51H38N2/c1-3-15-41(16-4-1)42-27-32-46(33-28-42)62(47-34-29-43(30-35-47)44-31-38-60-54(39-44)53-22-10-14-26-59(53)63(60)45-17-5-2-6-18-45)48-36-37-52-51-21-9-13-25-57(51)61(58(52)40-48)55-23-11-7-19-49(55)50-20-8-12-24-56(50)61;1-51(2)47-19-11-9-17-43(47)44-31-30-42(34-48(44)51)52(39-15-7-4-8-16-39)40-26-23-37(24-27-40)38-25-32-50-46(33-38)45-18-10-12-20-49(45)53(50)41-28-21-36(22-29-41)35-13-5-3-6-14-35/h1-40H;3-34H,1-2H3. The first-order chi connectivity index (χ1) is 57.3. The lowest BCUT2D eigenvalue weighted by atomic mass is 9.70. The maximum absolute atomic E-state index is 2.48. The van der Waals surface area contributed by atoms with Crippen LogP contribution in [0.1, 0.15) is 47.2 Å². The van der Waals surface area contributed by atoms with Crippen molar-refractivity contribution in [2.75, 3.05) is 9.80 Å². The number of benzene rings is 18. The molecule has 4 nitrogen and oxygen atoms in total. The van der Waals surface area contributed by atoms with Crippen molar-refractivity contribution in [3.63, 3.8) is 0 Å². The van der Waals surface area contributed by atoms with Gasteiger partial charge < -0.3 is 18.9 Å². The molecule has 0 fully saturated rings. The quantitative estimate of drug-likeness (QED) is 0.121. The van der Waals surface area contributed by atoms with Crippen LogP contribution in [0.2, 0.25) is 0 Å². The lowest BCUT2D eigenvalue weighted by Crippen LogP contribution is -2.26. The fourth-order valence-electron chi connectivity index (χ4n) is 19.4. The minimum absolute atomic E-state index is 0.0679. The number of anilines is 6. The molecular weight excluding hydrogens is 1400 g/mol. The normalized spacial score (nSPS) is 12.9. The Hall–Kier alpha value is -14.8. The zero-order chi connectivity index (χ0) is 77.0. The van der Waals surface area contributed by atoms with E-state index < -0.39 is 5.41 Å². The van der Waals surface area contributed by atoms with E-state index in [1.807, 2.05) is 0 Å². The number of nitrogens with zero attached hydrogens (tertiary/aromatic N) is 4. The van der Waals surface area contributed by atoms with Crippen molar-refractivity contribution in [2.45, 2.75) is 24.7 Å². The molecule has 18 aromatic carbocycles. The van der Waals surface area contributed by atoms with Crippen molar-refractivity contribution in [3.05, 3.63) is 470 Å². The van der Waals surface area contributed by atoms with Crippen molar-refractivity contribution in [1.82, 2.24) is 9.13 Å². The monoisotopic (exact) mass is 1480 g/mol. The topological polar surface area (TPSA) is 16.3 Å². The number of fused-ring (bicyclic) bond motifs is 19. The SMILES string of the molecule is CC1(C)c2ccccc2-c2ccc(N(c3ccccc3)c3ccc(-c4ccc5c(c4)c4ccccc4n5-c4ccc(-c5ccccc5)cc4)cc3)cc21.c1ccc(-c2ccc(N(c3ccc(-c4ccc5c(c4)c4ccccc4n5-c4ccccc4)cc3)c3ccc4c(c3)C3(c5ccccc5-c5ccccc53)c3ccccc3-4)cc2)cc1. The van der Waals surface area contributed by atoms with E-state index in [2.05, 4.69) is 470 Å². The lowest BCUT2D eigenvalue weighted by Gasteiger charge is -2.32. The van der Waals surface area contributed by atoms with Crippen LogP contribution in [-0.2, 0) is 10.8 Å². The van der Waals surface area contributed by atoms with Crippen molar-refractivity contribution in [1.29, 1.82) is 0 Å². The molecule has 20 aromatic rings. The fraction of sp³-hybridized carbons (Fsp3) is 0.0357. The van der Waals surface area contributed by atoms with Gasteiger partial charge in [0.2, 0.25) is 0 Å². The van der Waals surface area contributed by atoms with E-state index in [1.165, 1.54) is 161 Å². The number of aromatic nitrogens is 2. The third-order valence-electron chi connectivity index (χ3n) is 24.8. The number of hydrogen-bond donors (Lipinski definition) is 0. The van der Waals surface area contributed by atoms with Crippen molar-refractivity contribution >= 4 is 77.7 Å². The Kier molecular flexibility index (Phi) is 16.1. The van der Waals surface area contributed by atoms with E-state index >= 15 is 0 Å². The van der Waals surface area contributed by atoms with Gasteiger partial charge in [-0.3, -0.25) is 0 Å². The Morgan fingerprint density at radius 1 is 0.181 bits per heavy atom. The van der Waals surface area contributed by atoms with E-state index in [9.17, 15) is 0 Å². The molecule has 0 N–H and O–H groups in total. The van der Waals surface area contributed by atoms with Crippen LogP contribution < -0.4 is 9.80 Å². The van der Waals surface area contributed by atoms with Crippen molar-refractivity contribution in [3.8, 4) is 89.3 Å². The molecule has 3 aliphatic rings. The van der Waals surface area contributed by atoms with Gasteiger partial charge in [-0.1, -0.05) is 317 Å². The van der Waals surface area contributed by atoms with Gasteiger partial charge in [-0.05, 0) is 245 Å². The van der Waals surface area contributed by atoms with Crippen LogP contribution >= 0.6 is 0 Å². The second-order valence-electron chi connectivity index (χ2n) is 31.4. The summed E-state index contributed by atoms with van der Waals surface area (Å²) in [5.41, 5.74) is 39.1. The molecule has 0 radical (unpaired) electrons. The summed E-state index contributed by atoms with van der Waals surface area (Å²) in [6.45, 7) is 4.69. The Balaban J connectivity index is 0.000000143. The molecule has 0 saturated heterocycles. The molecule has 0 saturated carbocycles. The molecular formula is C112H78N4. The van der Waals surface area contributed by atoms with Crippen LogP contribution in [0.25, 0.3) is 133 Å². The molecule has 0 amide bonds. The molecule has 116 heavy (non-hydrogen) atoms. The first-order valence-corrected chi connectivity index (χ1v) is 40.3. The van der Waals surface area contributed by atoms with Gasteiger partial charge in [-0.15, -0.1) is 0 Å². The maximum atomic E-state index is 2.48. The highest BCUT2D eigenvalue weighted by Crippen LogP contribution is 2.64. The highest BCUT2D eigenvalue weighted by Gasteiger charge is 2.52. The van der Waals surface area contributed by atoms with E-state index in [0.717, 1.165) is 39.8 Å². The molecule has 0 atom stereocenters. The van der Waals surface area contributed by atoms with Crippen LogP contribution in [0.15, 0.2) is 437 Å². The summed E-state index contributed by atoms with van der Waals surface area (Å²) in [5, 5.41) is 5.01. The second-order valence-corrected chi connectivity index (χ2v) is 31.4. The van der Waals surface area contributed by atoms with Gasteiger partial charge in [0.1, 0.15) is 0 Å². The zero-order valence-electron chi connectivity index (χ0n) is 64.4. The van der Waals surface area contributed by atoms with Gasteiger partial charge in [-0.2, -0.15) is 0 Å². The maximum Gasteiger partial charge on any atom is 0.0726 e. The molecule has 546 valence electrons. The van der Waals surface area contributed by atoms with Crippen LogP contribution in [0, 0.1) is 0 Å². The summed E-state index contributed by atoms with van der Waals surface area (Å²) in [7, 11) is 0. The molecule has 0 unspecified atom stereocenters. The van der Waals surface area contributed by atoms with Gasteiger partial charge >= 0.3 is 0 Å². The van der Waals surface area contributed by atoms with Crippen LogP contribution in [-0.4, -0.2) is 9.13 Å². The first kappa shape index (κ1) is 68.0. The van der Waals surface area contributed by atoms with E-state index in [1.54, 1.807) is 0 Å². The predicted octanol–water partition coefficient (Wildman–Crippen LogP) is 29.8. The summed E-state index contributed by atoms with van der Waals surface area (Å²) in [6, 6.07) is 160. The van der Waals surface area contributed by atoms with Crippen LogP contribution in [0.4, 0.5) is 34.1 Å². The minimum Gasteiger partial charge on any atom is -0.310 e. The third kappa shape index (κ3) is 11.0. The third-order valence-corrected chi connectivity index (χ3v) is 24.8. The second kappa shape index (κ2) is 27.5. The highest BCUT2D eigenvalue weighted by molar-refractivity contribution is 6.12. The molecule has 2 heterocycles. The Morgan fingerprint density at radius 3 is 0.914 bits per heavy atom. The van der Waals surface area contributed by atoms with Crippen molar-refractivity contribution < 1.29 is 0 Å². The molecule has 0 bridgehead atoms. The van der Waals surface area contributed by atoms with E-state index in [4.69, 9.17) is 0 Å². The number of para-hydroxylation sites is 4. The molecule has 4 heteroatoms. The summed E-state index contributed by atoms with van der Waals surface area (Å²) < 4.78 is 4.76. The predicted molar refractivity (Wildman–Crippen MR) is 487 cm³/mol. The van der Waals surface area contributed by atoms with Gasteiger partial charge in [-0.25, -0.2) is 0 Å². The Morgan fingerprint density at radius 2 is 0.466 bits per heavy atom. The smallest absolute Gasteiger partial charge is 0.0726 e. The van der Waals surface area contributed by atoms with Crippen molar-refractivity contribution in [2.24, 2.45) is 0 Å². The van der Waals surface area contributed by atoms with E-state index in [0.29, 0.717) is 0 Å². The first-order valence-electron chi connectivity index (χ1n) is 40.3. The average molecular weight is 1480 g/mol. The van der Waals surface area contributed by atoms with Crippen LogP contribution in [0.5, 0.6) is 0 Å². The average Bonchev–Trinajstić information content (AvgIpc) is 1.50. The fourth-order valence-corrected chi connectivity index (χ4v) is 19.4. The van der Waals surface area contributed by atoms with Gasteiger partial charge in [0, 0.05) is 72.5 Å². The minimum atomic E-state index is -0.426. The molecule has 23 rings (SSSR count). The number of hydrogen-bond acceptors (Lipinski definition) is 2. The Labute approximate surface area is 676 Å². The van der Waals surface area contributed by atoms with Gasteiger partial charge in [0.25, 0.3) is 0 Å². The molecule has 0 aliphatic heterocycles. The molecule has 2 aromatic heterocycles. The van der Waals surface area contributed by atoms with Gasteiger partial charge in [0.05, 0.1) is 27.5 Å². The lowest BCUT2D eigenvalue weighted by molar-refractivity contribution is 0.660. The summed E-state index contributed by atoms with van der Waals surface area (Å²) in [4.78, 5) is 4.81. The van der Waals surface area contributed by atoms with Crippen LogP contribution in [0.3, 0.4) is 0 Å². The summed E-state index contributed by atoms with van der Waals surface area (Å²) >= 11 is 0. The summed E-state index contributed by atoms with van der Waals surface area (Å²) in [6.07, 6.45) is 0. The number of rotatable bonds is 12. The zero-order valence-corrected chi connectivity index (χ0v) is 64.4.